The summed E-state index contributed by atoms with van der Waals surface area (Å²) in [4.78, 5) is 26.7. The number of anilines is 1. The van der Waals surface area contributed by atoms with E-state index in [1.165, 1.54) is 17.8 Å². The molecule has 134 valence electrons. The van der Waals surface area contributed by atoms with Gasteiger partial charge in [-0.25, -0.2) is 9.97 Å². The van der Waals surface area contributed by atoms with E-state index in [0.29, 0.717) is 17.3 Å². The Labute approximate surface area is 156 Å². The Kier molecular flexibility index (Phi) is 4.61. The number of fused-ring (bicyclic) bond motifs is 1. The topological polar surface area (TPSA) is 73.9 Å². The second kappa shape index (κ2) is 7.05. The van der Waals surface area contributed by atoms with Crippen molar-refractivity contribution in [3.8, 4) is 0 Å². The molecule has 2 N–H and O–H groups in total. The summed E-state index contributed by atoms with van der Waals surface area (Å²) in [6.07, 6.45) is 5.81. The number of nitrogens with zero attached hydrogens (tertiary/aromatic N) is 3. The maximum absolute atomic E-state index is 12.4. The fourth-order valence-electron chi connectivity index (χ4n) is 3.45. The average molecular weight is 370 g/mol. The standard InChI is InChI=1S/C19H20ClN5O/c1-25-8-5-12(6-9-25)14-11-22-15-2-3-17(23-18(14)15)24-19(26)13-4-7-21-16(20)10-13/h2-4,7,10-12,22H,5-6,8-9H2,1H3,(H,23,24,26). The van der Waals surface area contributed by atoms with Crippen molar-refractivity contribution in [3.63, 3.8) is 0 Å². The van der Waals surface area contributed by atoms with Crippen molar-refractivity contribution >= 4 is 34.4 Å². The molecule has 7 heteroatoms. The zero-order chi connectivity index (χ0) is 18.1. The number of aromatic amines is 1. The second-order valence-corrected chi connectivity index (χ2v) is 7.12. The zero-order valence-corrected chi connectivity index (χ0v) is 15.3. The summed E-state index contributed by atoms with van der Waals surface area (Å²) in [7, 11) is 2.16. The molecule has 4 rings (SSSR count). The Morgan fingerprint density at radius 2 is 2.12 bits per heavy atom. The highest BCUT2D eigenvalue weighted by Crippen LogP contribution is 2.32. The van der Waals surface area contributed by atoms with Gasteiger partial charge in [-0.2, -0.15) is 0 Å². The van der Waals surface area contributed by atoms with E-state index in [-0.39, 0.29) is 11.1 Å². The van der Waals surface area contributed by atoms with Crippen molar-refractivity contribution in [1.29, 1.82) is 0 Å². The van der Waals surface area contributed by atoms with Crippen molar-refractivity contribution < 1.29 is 4.79 Å². The minimum absolute atomic E-state index is 0.252. The van der Waals surface area contributed by atoms with Crippen LogP contribution in [0.25, 0.3) is 11.0 Å². The highest BCUT2D eigenvalue weighted by molar-refractivity contribution is 6.29. The van der Waals surface area contributed by atoms with Gasteiger partial charge in [0, 0.05) is 18.0 Å². The van der Waals surface area contributed by atoms with E-state index in [0.717, 1.165) is 37.0 Å². The number of nitrogens with one attached hydrogen (secondary N) is 2. The fourth-order valence-corrected chi connectivity index (χ4v) is 3.63. The molecule has 1 aliphatic heterocycles. The maximum Gasteiger partial charge on any atom is 0.256 e. The summed E-state index contributed by atoms with van der Waals surface area (Å²) < 4.78 is 0. The van der Waals surface area contributed by atoms with Gasteiger partial charge in [0.15, 0.2) is 0 Å². The van der Waals surface area contributed by atoms with Gasteiger partial charge in [0.25, 0.3) is 5.91 Å². The van der Waals surface area contributed by atoms with Crippen LogP contribution in [-0.4, -0.2) is 45.9 Å². The molecule has 3 aromatic heterocycles. The molecule has 26 heavy (non-hydrogen) atoms. The maximum atomic E-state index is 12.4. The number of aromatic nitrogens is 3. The minimum atomic E-state index is -0.252. The number of amides is 1. The number of H-pyrrole nitrogens is 1. The number of hydrogen-bond donors (Lipinski definition) is 2. The lowest BCUT2D eigenvalue weighted by molar-refractivity contribution is 0.102. The van der Waals surface area contributed by atoms with Crippen LogP contribution in [0.4, 0.5) is 5.82 Å². The summed E-state index contributed by atoms with van der Waals surface area (Å²) in [5.41, 5.74) is 3.61. The average Bonchev–Trinajstić information content (AvgIpc) is 3.05. The largest absolute Gasteiger partial charge is 0.360 e. The van der Waals surface area contributed by atoms with E-state index in [2.05, 4.69) is 33.4 Å². The summed E-state index contributed by atoms with van der Waals surface area (Å²) in [5.74, 6) is 0.777. The summed E-state index contributed by atoms with van der Waals surface area (Å²) in [5, 5.41) is 3.13. The predicted molar refractivity (Wildman–Crippen MR) is 103 cm³/mol. The molecule has 1 aliphatic rings. The quantitative estimate of drug-likeness (QED) is 0.691. The molecule has 3 aromatic rings. The number of carbonyl (C=O) groups is 1. The first kappa shape index (κ1) is 17.0. The second-order valence-electron chi connectivity index (χ2n) is 6.74. The molecule has 0 aromatic carbocycles. The number of piperidine rings is 1. The van der Waals surface area contributed by atoms with Crippen LogP contribution in [0, 0.1) is 0 Å². The first-order valence-electron chi connectivity index (χ1n) is 8.69. The predicted octanol–water partition coefficient (Wildman–Crippen LogP) is 3.67. The van der Waals surface area contributed by atoms with Gasteiger partial charge >= 0.3 is 0 Å². The SMILES string of the molecule is CN1CCC(c2c[nH]c3ccc(NC(=O)c4ccnc(Cl)c4)nc23)CC1. The third-order valence-electron chi connectivity index (χ3n) is 4.94. The smallest absolute Gasteiger partial charge is 0.256 e. The molecule has 1 fully saturated rings. The van der Waals surface area contributed by atoms with Crippen molar-refractivity contribution in [3.05, 3.63) is 52.9 Å². The molecule has 0 atom stereocenters. The number of carbonyl (C=O) groups excluding carboxylic acids is 1. The minimum Gasteiger partial charge on any atom is -0.360 e. The molecule has 0 spiro atoms. The van der Waals surface area contributed by atoms with E-state index in [4.69, 9.17) is 16.6 Å². The van der Waals surface area contributed by atoms with Crippen LogP contribution in [0.15, 0.2) is 36.7 Å². The van der Waals surface area contributed by atoms with Crippen molar-refractivity contribution in [2.75, 3.05) is 25.5 Å². The van der Waals surface area contributed by atoms with E-state index in [1.54, 1.807) is 12.1 Å². The number of halogens is 1. The van der Waals surface area contributed by atoms with E-state index in [1.807, 2.05) is 6.07 Å². The van der Waals surface area contributed by atoms with Gasteiger partial charge in [0.1, 0.15) is 11.0 Å². The van der Waals surface area contributed by atoms with Gasteiger partial charge in [-0.15, -0.1) is 0 Å². The number of likely N-dealkylation sites (tertiary alicyclic amines) is 1. The first-order valence-corrected chi connectivity index (χ1v) is 9.07. The third kappa shape index (κ3) is 3.43. The third-order valence-corrected chi connectivity index (χ3v) is 5.15. The van der Waals surface area contributed by atoms with Gasteiger partial charge in [0.2, 0.25) is 0 Å². The van der Waals surface area contributed by atoms with Crippen LogP contribution < -0.4 is 5.32 Å². The Hall–Kier alpha value is -2.44. The number of hydrogen-bond acceptors (Lipinski definition) is 4. The normalized spacial score (nSPS) is 16.1. The van der Waals surface area contributed by atoms with Crippen LogP contribution >= 0.6 is 11.6 Å². The lowest BCUT2D eigenvalue weighted by Crippen LogP contribution is -2.29. The highest BCUT2D eigenvalue weighted by atomic mass is 35.5. The number of rotatable bonds is 3. The molecule has 0 bridgehead atoms. The van der Waals surface area contributed by atoms with Crippen molar-refractivity contribution in [2.45, 2.75) is 18.8 Å². The fraction of sp³-hybridized carbons (Fsp3) is 0.316. The molecule has 0 saturated carbocycles. The molecule has 1 amide bonds. The van der Waals surface area contributed by atoms with Gasteiger partial charge in [-0.3, -0.25) is 4.79 Å². The van der Waals surface area contributed by atoms with E-state index >= 15 is 0 Å². The van der Waals surface area contributed by atoms with Gasteiger partial charge in [-0.1, -0.05) is 11.6 Å². The molecule has 0 unspecified atom stereocenters. The molecule has 0 radical (unpaired) electrons. The Morgan fingerprint density at radius 1 is 1.31 bits per heavy atom. The first-order chi connectivity index (χ1) is 12.6. The van der Waals surface area contributed by atoms with Crippen LogP contribution in [0.1, 0.15) is 34.7 Å². The van der Waals surface area contributed by atoms with Crippen molar-refractivity contribution in [2.24, 2.45) is 0 Å². The Bertz CT molecular complexity index is 946. The summed E-state index contributed by atoms with van der Waals surface area (Å²) in [6.45, 7) is 2.19. The molecular formula is C19H20ClN5O. The monoisotopic (exact) mass is 369 g/mol. The molecule has 0 aliphatic carbocycles. The van der Waals surface area contributed by atoms with E-state index in [9.17, 15) is 4.79 Å². The van der Waals surface area contributed by atoms with E-state index < -0.39 is 0 Å². The molecule has 4 heterocycles. The summed E-state index contributed by atoms with van der Waals surface area (Å²) >= 11 is 5.86. The van der Waals surface area contributed by atoms with Gasteiger partial charge in [0.05, 0.1) is 11.0 Å². The van der Waals surface area contributed by atoms with Crippen LogP contribution in [0.3, 0.4) is 0 Å². The lowest BCUT2D eigenvalue weighted by atomic mass is 9.91. The van der Waals surface area contributed by atoms with Crippen LogP contribution in [0.2, 0.25) is 5.15 Å². The Morgan fingerprint density at radius 3 is 2.88 bits per heavy atom. The molecular weight excluding hydrogens is 350 g/mol. The van der Waals surface area contributed by atoms with Crippen LogP contribution in [0.5, 0.6) is 0 Å². The summed E-state index contributed by atoms with van der Waals surface area (Å²) in [6, 6.07) is 6.92. The Balaban J connectivity index is 1.59. The number of pyridine rings is 2. The molecule has 6 nitrogen and oxygen atoms in total. The van der Waals surface area contributed by atoms with Gasteiger partial charge in [-0.05, 0) is 68.7 Å². The lowest BCUT2D eigenvalue weighted by Gasteiger charge is -2.28. The molecule has 1 saturated heterocycles. The van der Waals surface area contributed by atoms with Crippen LogP contribution in [-0.2, 0) is 0 Å². The van der Waals surface area contributed by atoms with Gasteiger partial charge < -0.3 is 15.2 Å². The zero-order valence-electron chi connectivity index (χ0n) is 14.5. The highest BCUT2D eigenvalue weighted by Gasteiger charge is 2.22. The van der Waals surface area contributed by atoms with Crippen molar-refractivity contribution in [1.82, 2.24) is 19.9 Å².